The molecule has 2 aromatic carbocycles. The van der Waals surface area contributed by atoms with Gasteiger partial charge in [0.05, 0.1) is 0 Å². The van der Waals surface area contributed by atoms with Gasteiger partial charge in [-0.1, -0.05) is 60.7 Å². The standard InChI is InChI=1S/C20H33NO2Si3/c1-24(2,3)22-26(19-13-8-6-9-14-19,20-15-10-7-11-16-20)23-25(4,5)18-12-17-21/h6-11,13-16H,12,17-18,21H2,1-5H3. The summed E-state index contributed by atoms with van der Waals surface area (Å²) in [4.78, 5) is 0. The molecule has 0 bridgehead atoms. The van der Waals surface area contributed by atoms with Crippen molar-refractivity contribution in [2.24, 2.45) is 5.73 Å². The van der Waals surface area contributed by atoms with Gasteiger partial charge in [-0.05, 0) is 62.1 Å². The second-order valence-electron chi connectivity index (χ2n) is 8.32. The number of rotatable bonds is 9. The van der Waals surface area contributed by atoms with Crippen LogP contribution >= 0.6 is 0 Å². The van der Waals surface area contributed by atoms with Crippen LogP contribution in [0.3, 0.4) is 0 Å². The van der Waals surface area contributed by atoms with E-state index in [2.05, 4.69) is 93.4 Å². The predicted molar refractivity (Wildman–Crippen MR) is 119 cm³/mol. The van der Waals surface area contributed by atoms with Gasteiger partial charge in [-0.3, -0.25) is 0 Å². The lowest BCUT2D eigenvalue weighted by Crippen LogP contribution is -2.69. The molecule has 0 atom stereocenters. The summed E-state index contributed by atoms with van der Waals surface area (Å²) in [5.74, 6) is 0. The van der Waals surface area contributed by atoms with Gasteiger partial charge in [0.15, 0.2) is 16.6 Å². The maximum atomic E-state index is 7.11. The van der Waals surface area contributed by atoms with Gasteiger partial charge < -0.3 is 14.0 Å². The molecule has 0 aromatic heterocycles. The molecule has 3 nitrogen and oxygen atoms in total. The average molecular weight is 404 g/mol. The van der Waals surface area contributed by atoms with Crippen molar-refractivity contribution in [3.63, 3.8) is 0 Å². The van der Waals surface area contributed by atoms with Crippen LogP contribution in [0.4, 0.5) is 0 Å². The summed E-state index contributed by atoms with van der Waals surface area (Å²) in [6.45, 7) is 12.0. The fourth-order valence-electron chi connectivity index (χ4n) is 3.14. The van der Waals surface area contributed by atoms with Gasteiger partial charge in [-0.25, -0.2) is 0 Å². The van der Waals surface area contributed by atoms with Gasteiger partial charge >= 0.3 is 8.56 Å². The Bertz CT molecular complexity index is 633. The highest BCUT2D eigenvalue weighted by atomic mass is 28.5. The van der Waals surface area contributed by atoms with Crippen LogP contribution in [-0.2, 0) is 8.23 Å². The van der Waals surface area contributed by atoms with Crippen molar-refractivity contribution < 1.29 is 8.23 Å². The van der Waals surface area contributed by atoms with E-state index in [0.29, 0.717) is 6.54 Å². The highest BCUT2D eigenvalue weighted by molar-refractivity contribution is 7.02. The van der Waals surface area contributed by atoms with E-state index < -0.39 is 25.2 Å². The van der Waals surface area contributed by atoms with Gasteiger partial charge in [-0.15, -0.1) is 0 Å². The third-order valence-corrected chi connectivity index (χ3v) is 14.9. The van der Waals surface area contributed by atoms with Crippen molar-refractivity contribution >= 4 is 35.6 Å². The maximum absolute atomic E-state index is 7.11. The van der Waals surface area contributed by atoms with Crippen LogP contribution in [0.2, 0.25) is 38.8 Å². The number of hydrogen-bond acceptors (Lipinski definition) is 3. The molecule has 0 fully saturated rings. The minimum absolute atomic E-state index is 0.708. The third kappa shape index (κ3) is 5.73. The van der Waals surface area contributed by atoms with Crippen molar-refractivity contribution in [2.75, 3.05) is 6.54 Å². The van der Waals surface area contributed by atoms with E-state index in [1.807, 2.05) is 0 Å². The second-order valence-corrected chi connectivity index (χ2v) is 20.6. The number of nitrogens with two attached hydrogens (primary N) is 1. The molecule has 0 aliphatic heterocycles. The summed E-state index contributed by atoms with van der Waals surface area (Å²) in [7, 11) is -6.59. The van der Waals surface area contributed by atoms with Gasteiger partial charge in [0.2, 0.25) is 0 Å². The number of benzene rings is 2. The lowest BCUT2D eigenvalue weighted by molar-refractivity contribution is 0.409. The van der Waals surface area contributed by atoms with Crippen molar-refractivity contribution in [1.29, 1.82) is 0 Å². The molecule has 0 heterocycles. The SMILES string of the molecule is C[Si](C)(C)O[Si](O[Si](C)(C)CCCN)(c1ccccc1)c1ccccc1. The fraction of sp³-hybridized carbons (Fsp3) is 0.400. The Hall–Kier alpha value is -1.03. The van der Waals surface area contributed by atoms with Gasteiger partial charge in [-0.2, -0.15) is 0 Å². The predicted octanol–water partition coefficient (Wildman–Crippen LogP) is 3.67. The van der Waals surface area contributed by atoms with Crippen molar-refractivity contribution in [2.45, 2.75) is 45.2 Å². The largest absolute Gasteiger partial charge is 0.430 e. The zero-order chi connectivity index (χ0) is 19.3. The average Bonchev–Trinajstić information content (AvgIpc) is 2.59. The molecule has 0 spiro atoms. The molecule has 26 heavy (non-hydrogen) atoms. The van der Waals surface area contributed by atoms with Gasteiger partial charge in [0.25, 0.3) is 0 Å². The van der Waals surface area contributed by atoms with Gasteiger partial charge in [0, 0.05) is 0 Å². The fourth-order valence-corrected chi connectivity index (χ4v) is 15.2. The van der Waals surface area contributed by atoms with Crippen LogP contribution in [0.5, 0.6) is 0 Å². The molecule has 0 aliphatic carbocycles. The summed E-state index contributed by atoms with van der Waals surface area (Å²) < 4.78 is 14.1. The van der Waals surface area contributed by atoms with E-state index in [0.717, 1.165) is 12.5 Å². The molecule has 0 aliphatic rings. The molecule has 0 radical (unpaired) electrons. The molecule has 2 rings (SSSR count). The Kier molecular flexibility index (Phi) is 7.18. The Labute approximate surface area is 162 Å². The van der Waals surface area contributed by atoms with Crippen LogP contribution < -0.4 is 16.1 Å². The Morgan fingerprint density at radius 2 is 1.19 bits per heavy atom. The first-order chi connectivity index (χ1) is 12.2. The van der Waals surface area contributed by atoms with E-state index in [4.69, 9.17) is 14.0 Å². The minimum atomic E-state index is -2.79. The van der Waals surface area contributed by atoms with E-state index in [-0.39, 0.29) is 0 Å². The highest BCUT2D eigenvalue weighted by Crippen LogP contribution is 2.24. The van der Waals surface area contributed by atoms with E-state index in [9.17, 15) is 0 Å². The summed E-state index contributed by atoms with van der Waals surface area (Å²) in [6.07, 6.45) is 1.00. The van der Waals surface area contributed by atoms with Crippen LogP contribution in [-0.4, -0.2) is 31.7 Å². The van der Waals surface area contributed by atoms with Crippen molar-refractivity contribution in [3.05, 3.63) is 60.7 Å². The maximum Gasteiger partial charge on any atom is 0.386 e. The van der Waals surface area contributed by atoms with E-state index in [1.54, 1.807) is 0 Å². The first kappa shape index (κ1) is 21.3. The zero-order valence-electron chi connectivity index (χ0n) is 16.8. The second kappa shape index (κ2) is 8.77. The smallest absolute Gasteiger partial charge is 0.386 e. The van der Waals surface area contributed by atoms with Crippen LogP contribution in [0.25, 0.3) is 0 Å². The number of hydrogen-bond donors (Lipinski definition) is 1. The molecule has 2 aromatic rings. The first-order valence-corrected chi connectivity index (χ1v) is 17.7. The molecule has 6 heteroatoms. The minimum Gasteiger partial charge on any atom is -0.430 e. The third-order valence-electron chi connectivity index (χ3n) is 4.16. The quantitative estimate of drug-likeness (QED) is 0.650. The molecule has 0 amide bonds. The Morgan fingerprint density at radius 3 is 1.58 bits per heavy atom. The molecular formula is C20H33NO2Si3. The molecule has 2 N–H and O–H groups in total. The normalized spacial score (nSPS) is 13.0. The molecule has 0 saturated carbocycles. The highest BCUT2D eigenvalue weighted by Gasteiger charge is 2.49. The summed E-state index contributed by atoms with van der Waals surface area (Å²) in [6, 6.07) is 22.2. The van der Waals surface area contributed by atoms with Gasteiger partial charge in [0.1, 0.15) is 0 Å². The van der Waals surface area contributed by atoms with Crippen molar-refractivity contribution in [3.8, 4) is 0 Å². The summed E-state index contributed by atoms with van der Waals surface area (Å²) in [5.41, 5.74) is 5.78. The lowest BCUT2D eigenvalue weighted by Gasteiger charge is -2.42. The topological polar surface area (TPSA) is 44.5 Å². The van der Waals surface area contributed by atoms with E-state index >= 15 is 0 Å². The lowest BCUT2D eigenvalue weighted by atomic mass is 10.4. The molecule has 0 saturated heterocycles. The van der Waals surface area contributed by atoms with Crippen molar-refractivity contribution in [1.82, 2.24) is 0 Å². The van der Waals surface area contributed by atoms with E-state index in [1.165, 1.54) is 10.4 Å². The monoisotopic (exact) mass is 403 g/mol. The molecule has 142 valence electrons. The van der Waals surface area contributed by atoms with Crippen LogP contribution in [0.1, 0.15) is 6.42 Å². The molecular weight excluding hydrogens is 370 g/mol. The first-order valence-electron chi connectivity index (χ1n) is 9.40. The Morgan fingerprint density at radius 1 is 0.731 bits per heavy atom. The summed E-state index contributed by atoms with van der Waals surface area (Å²) >= 11 is 0. The zero-order valence-corrected chi connectivity index (χ0v) is 19.8. The van der Waals surface area contributed by atoms with Crippen LogP contribution in [0.15, 0.2) is 60.7 Å². The van der Waals surface area contributed by atoms with Crippen LogP contribution in [0, 0.1) is 0 Å². The molecule has 0 unspecified atom stereocenters. The Balaban J connectivity index is 2.60. The summed E-state index contributed by atoms with van der Waals surface area (Å²) in [5, 5.41) is 2.39.